The van der Waals surface area contributed by atoms with Crippen LogP contribution in [0, 0.1) is 11.8 Å². The van der Waals surface area contributed by atoms with E-state index in [1.165, 1.54) is 0 Å². The first-order valence-corrected chi connectivity index (χ1v) is 7.08. The number of rotatable bonds is 5. The normalized spacial score (nSPS) is 10.4. The Morgan fingerprint density at radius 2 is 1.86 bits per heavy atom. The topological polar surface area (TPSA) is 56.8 Å². The molecule has 0 unspecified atom stereocenters. The molecule has 5 nitrogen and oxygen atoms in total. The average Bonchev–Trinajstić information content (AvgIpc) is 2.43. The van der Waals surface area contributed by atoms with Crippen LogP contribution in [-0.4, -0.2) is 38.6 Å². The quantitative estimate of drug-likeness (QED) is 0.671. The molecule has 1 aromatic rings. The molecule has 0 fully saturated rings. The summed E-state index contributed by atoms with van der Waals surface area (Å²) in [6.07, 6.45) is -0.469. The van der Waals surface area contributed by atoms with Gasteiger partial charge in [0.2, 0.25) is 0 Å². The number of methoxy groups -OCH3 is 1. The number of alkyl carbamates (subject to hydrolysis) is 1. The van der Waals surface area contributed by atoms with Crippen LogP contribution in [0.3, 0.4) is 0 Å². The summed E-state index contributed by atoms with van der Waals surface area (Å²) >= 11 is 0. The van der Waals surface area contributed by atoms with Gasteiger partial charge in [0.05, 0.1) is 13.2 Å². The molecule has 1 amide bonds. The third-order valence-electron chi connectivity index (χ3n) is 2.36. The molecule has 0 aliphatic carbocycles. The van der Waals surface area contributed by atoms with Crippen LogP contribution in [0.5, 0.6) is 5.75 Å². The van der Waals surface area contributed by atoms with Crippen molar-refractivity contribution in [3.63, 3.8) is 0 Å². The minimum Gasteiger partial charge on any atom is -0.491 e. The van der Waals surface area contributed by atoms with Crippen LogP contribution >= 0.6 is 0 Å². The van der Waals surface area contributed by atoms with Crippen LogP contribution in [0.15, 0.2) is 24.3 Å². The molecule has 1 aromatic carbocycles. The Labute approximate surface area is 131 Å². The molecule has 1 rings (SSSR count). The summed E-state index contributed by atoms with van der Waals surface area (Å²) < 4.78 is 15.5. The van der Waals surface area contributed by atoms with Crippen molar-refractivity contribution in [2.75, 3.05) is 26.9 Å². The zero-order valence-electron chi connectivity index (χ0n) is 13.6. The number of nitrogens with one attached hydrogen (secondary N) is 1. The highest BCUT2D eigenvalue weighted by atomic mass is 16.6. The van der Waals surface area contributed by atoms with Gasteiger partial charge in [-0.05, 0) is 45.0 Å². The van der Waals surface area contributed by atoms with Gasteiger partial charge in [0.15, 0.2) is 0 Å². The van der Waals surface area contributed by atoms with Crippen LogP contribution in [0.25, 0.3) is 0 Å². The van der Waals surface area contributed by atoms with Gasteiger partial charge in [0.1, 0.15) is 18.0 Å². The zero-order chi connectivity index (χ0) is 16.4. The van der Waals surface area contributed by atoms with E-state index in [9.17, 15) is 4.79 Å². The number of carbonyl (C=O) groups is 1. The molecule has 0 aliphatic rings. The van der Waals surface area contributed by atoms with E-state index in [1.807, 2.05) is 45.0 Å². The van der Waals surface area contributed by atoms with E-state index >= 15 is 0 Å². The smallest absolute Gasteiger partial charge is 0.408 e. The van der Waals surface area contributed by atoms with Crippen molar-refractivity contribution in [1.29, 1.82) is 0 Å². The Morgan fingerprint density at radius 3 is 2.45 bits per heavy atom. The van der Waals surface area contributed by atoms with Crippen molar-refractivity contribution in [3.8, 4) is 17.6 Å². The van der Waals surface area contributed by atoms with E-state index in [0.29, 0.717) is 13.2 Å². The highest BCUT2D eigenvalue weighted by Gasteiger charge is 2.14. The third kappa shape index (κ3) is 8.18. The van der Waals surface area contributed by atoms with Crippen molar-refractivity contribution in [3.05, 3.63) is 29.8 Å². The Kier molecular flexibility index (Phi) is 7.27. The molecule has 22 heavy (non-hydrogen) atoms. The lowest BCUT2D eigenvalue weighted by atomic mass is 10.2. The second-order valence-electron chi connectivity index (χ2n) is 5.52. The molecule has 0 spiro atoms. The lowest BCUT2D eigenvalue weighted by Crippen LogP contribution is -2.32. The van der Waals surface area contributed by atoms with Crippen LogP contribution in [0.4, 0.5) is 4.79 Å². The maximum atomic E-state index is 11.4. The van der Waals surface area contributed by atoms with Crippen molar-refractivity contribution < 1.29 is 19.0 Å². The number of amides is 1. The Morgan fingerprint density at radius 1 is 1.18 bits per heavy atom. The van der Waals surface area contributed by atoms with Gasteiger partial charge >= 0.3 is 6.09 Å². The van der Waals surface area contributed by atoms with Gasteiger partial charge in [0.25, 0.3) is 0 Å². The summed E-state index contributed by atoms with van der Waals surface area (Å²) in [5.41, 5.74) is 0.348. The third-order valence-corrected chi connectivity index (χ3v) is 2.36. The largest absolute Gasteiger partial charge is 0.491 e. The van der Waals surface area contributed by atoms with Gasteiger partial charge in [-0.2, -0.15) is 0 Å². The Hall–Kier alpha value is -2.19. The minimum atomic E-state index is -0.504. The molecule has 0 aliphatic heterocycles. The van der Waals surface area contributed by atoms with Gasteiger partial charge < -0.3 is 19.5 Å². The Bertz CT molecular complexity index is 520. The van der Waals surface area contributed by atoms with E-state index in [-0.39, 0.29) is 6.54 Å². The summed E-state index contributed by atoms with van der Waals surface area (Å²) in [5, 5.41) is 2.58. The monoisotopic (exact) mass is 305 g/mol. The van der Waals surface area contributed by atoms with Gasteiger partial charge in [0, 0.05) is 12.7 Å². The molecule has 0 aromatic heterocycles. The van der Waals surface area contributed by atoms with Gasteiger partial charge in [-0.15, -0.1) is 0 Å². The maximum absolute atomic E-state index is 11.4. The summed E-state index contributed by atoms with van der Waals surface area (Å²) in [7, 11) is 1.63. The lowest BCUT2D eigenvalue weighted by Gasteiger charge is -2.18. The second kappa shape index (κ2) is 8.96. The fourth-order valence-corrected chi connectivity index (χ4v) is 1.45. The molecule has 0 heterocycles. The minimum absolute atomic E-state index is 0.237. The Balaban J connectivity index is 2.37. The van der Waals surface area contributed by atoms with Crippen LogP contribution in [0.1, 0.15) is 26.3 Å². The number of hydrogen-bond acceptors (Lipinski definition) is 4. The van der Waals surface area contributed by atoms with Gasteiger partial charge in [-0.1, -0.05) is 11.8 Å². The first kappa shape index (κ1) is 17.9. The molecule has 1 N–H and O–H groups in total. The highest BCUT2D eigenvalue weighted by Crippen LogP contribution is 2.11. The molecule has 0 radical (unpaired) electrons. The highest BCUT2D eigenvalue weighted by molar-refractivity contribution is 5.68. The molecule has 0 atom stereocenters. The fourth-order valence-electron chi connectivity index (χ4n) is 1.45. The lowest BCUT2D eigenvalue weighted by molar-refractivity contribution is 0.0535. The fraction of sp³-hybridized carbons (Fsp3) is 0.471. The molecule has 0 saturated heterocycles. The van der Waals surface area contributed by atoms with Gasteiger partial charge in [-0.25, -0.2) is 4.79 Å². The first-order valence-electron chi connectivity index (χ1n) is 7.08. The van der Waals surface area contributed by atoms with E-state index in [0.717, 1.165) is 11.3 Å². The molecule has 0 bridgehead atoms. The van der Waals surface area contributed by atoms with E-state index in [1.54, 1.807) is 7.11 Å². The maximum Gasteiger partial charge on any atom is 0.408 e. The number of carbonyl (C=O) groups excluding carboxylic acids is 1. The molecule has 0 saturated carbocycles. The second-order valence-corrected chi connectivity index (χ2v) is 5.52. The van der Waals surface area contributed by atoms with Crippen molar-refractivity contribution in [1.82, 2.24) is 5.32 Å². The summed E-state index contributed by atoms with van der Waals surface area (Å²) in [6.45, 7) is 6.75. The van der Waals surface area contributed by atoms with E-state index in [4.69, 9.17) is 14.2 Å². The number of hydrogen-bond donors (Lipinski definition) is 1. The van der Waals surface area contributed by atoms with Crippen molar-refractivity contribution >= 4 is 6.09 Å². The summed E-state index contributed by atoms with van der Waals surface area (Å²) in [4.78, 5) is 11.4. The SMILES string of the molecule is COCCOc1ccc(C#CCNC(=O)OC(C)(C)C)cc1. The summed E-state index contributed by atoms with van der Waals surface area (Å²) in [6, 6.07) is 7.42. The van der Waals surface area contributed by atoms with Crippen LogP contribution in [0.2, 0.25) is 0 Å². The zero-order valence-corrected chi connectivity index (χ0v) is 13.6. The first-order chi connectivity index (χ1) is 10.4. The molecule has 5 heteroatoms. The number of ether oxygens (including phenoxy) is 3. The average molecular weight is 305 g/mol. The van der Waals surface area contributed by atoms with Crippen molar-refractivity contribution in [2.45, 2.75) is 26.4 Å². The molecule has 120 valence electrons. The van der Waals surface area contributed by atoms with E-state index in [2.05, 4.69) is 17.2 Å². The van der Waals surface area contributed by atoms with E-state index < -0.39 is 11.7 Å². The predicted molar refractivity (Wildman–Crippen MR) is 84.9 cm³/mol. The predicted octanol–water partition coefficient (Wildman–Crippen LogP) is 2.59. The molecular formula is C17H23NO4. The van der Waals surface area contributed by atoms with Gasteiger partial charge in [-0.3, -0.25) is 0 Å². The van der Waals surface area contributed by atoms with Crippen molar-refractivity contribution in [2.24, 2.45) is 0 Å². The van der Waals surface area contributed by atoms with Crippen LogP contribution < -0.4 is 10.1 Å². The molecular weight excluding hydrogens is 282 g/mol. The number of benzene rings is 1. The summed E-state index contributed by atoms with van der Waals surface area (Å²) in [5.74, 6) is 6.60. The van der Waals surface area contributed by atoms with Crippen LogP contribution in [-0.2, 0) is 9.47 Å². The standard InChI is InChI=1S/C17H23NO4/c1-17(2,3)22-16(19)18-11-5-6-14-7-9-15(10-8-14)21-13-12-20-4/h7-10H,11-13H2,1-4H3,(H,18,19).